The Morgan fingerprint density at radius 1 is 1.14 bits per heavy atom. The molecule has 7 heteroatoms. The summed E-state index contributed by atoms with van der Waals surface area (Å²) < 4.78 is 0. The number of nitrogens with zero attached hydrogens (tertiary/aromatic N) is 2. The molecule has 1 aromatic carbocycles. The van der Waals surface area contributed by atoms with Crippen LogP contribution in [0.25, 0.3) is 0 Å². The third-order valence-corrected chi connectivity index (χ3v) is 4.32. The van der Waals surface area contributed by atoms with Crippen LogP contribution in [0.2, 0.25) is 0 Å². The number of nitro benzene ring substituents is 1. The van der Waals surface area contributed by atoms with Crippen LogP contribution in [-0.2, 0) is 4.79 Å². The molecule has 110 valence electrons. The Morgan fingerprint density at radius 3 is 2.33 bits per heavy atom. The molecule has 1 heterocycles. The largest absolute Gasteiger partial charge is 0.336 e. The van der Waals surface area contributed by atoms with Gasteiger partial charge < -0.3 is 5.32 Å². The molecule has 1 aromatic rings. The summed E-state index contributed by atoms with van der Waals surface area (Å²) in [6, 6.07) is 5.00. The maximum absolute atomic E-state index is 12.7. The molecule has 1 saturated carbocycles. The lowest BCUT2D eigenvalue weighted by Crippen LogP contribution is -2.60. The lowest BCUT2D eigenvalue weighted by molar-refractivity contribution is -0.384. The fraction of sp³-hybridized carbons (Fsp3) is 0.429. The van der Waals surface area contributed by atoms with Crippen LogP contribution in [0.3, 0.4) is 0 Å². The first kappa shape index (κ1) is 13.5. The minimum Gasteiger partial charge on any atom is -0.336 e. The number of anilines is 1. The number of benzene rings is 1. The number of hydrogen-bond acceptors (Lipinski definition) is 4. The minimum absolute atomic E-state index is 0.0702. The van der Waals surface area contributed by atoms with E-state index in [4.69, 9.17) is 0 Å². The van der Waals surface area contributed by atoms with Crippen molar-refractivity contribution < 1.29 is 14.5 Å². The van der Waals surface area contributed by atoms with Gasteiger partial charge in [0, 0.05) is 18.7 Å². The van der Waals surface area contributed by atoms with Crippen LogP contribution in [-0.4, -0.2) is 23.4 Å². The zero-order valence-electron chi connectivity index (χ0n) is 11.4. The second-order valence-electron chi connectivity index (χ2n) is 5.56. The van der Waals surface area contributed by atoms with E-state index >= 15 is 0 Å². The average molecular weight is 289 g/mol. The Labute approximate surface area is 121 Å². The highest BCUT2D eigenvalue weighted by atomic mass is 16.6. The molecule has 0 aromatic heterocycles. The number of amides is 3. The summed E-state index contributed by atoms with van der Waals surface area (Å²) in [4.78, 5) is 36.0. The standard InChI is InChI=1S/C14H15N3O4/c18-12-14(7-1-2-8-14)9-15-13(19)16(12)10-3-5-11(6-4-10)17(20)21/h3-6H,1-2,7-9H2,(H,15,19). The number of non-ortho nitro benzene ring substituents is 1. The Morgan fingerprint density at radius 2 is 1.76 bits per heavy atom. The van der Waals surface area contributed by atoms with E-state index in [-0.39, 0.29) is 11.6 Å². The summed E-state index contributed by atoms with van der Waals surface area (Å²) in [6.07, 6.45) is 3.51. The number of nitro groups is 1. The van der Waals surface area contributed by atoms with Gasteiger partial charge in [-0.25, -0.2) is 9.69 Å². The van der Waals surface area contributed by atoms with E-state index in [0.717, 1.165) is 30.6 Å². The van der Waals surface area contributed by atoms with Crippen LogP contribution >= 0.6 is 0 Å². The van der Waals surface area contributed by atoms with Gasteiger partial charge in [-0.3, -0.25) is 14.9 Å². The Balaban J connectivity index is 1.93. The third kappa shape index (κ3) is 2.14. The first-order valence-electron chi connectivity index (χ1n) is 6.90. The molecule has 0 radical (unpaired) electrons. The summed E-state index contributed by atoms with van der Waals surface area (Å²) in [5.41, 5.74) is -0.205. The average Bonchev–Trinajstić information content (AvgIpc) is 2.94. The number of rotatable bonds is 2. The third-order valence-electron chi connectivity index (χ3n) is 4.32. The van der Waals surface area contributed by atoms with E-state index in [1.807, 2.05) is 0 Å². The number of carbonyl (C=O) groups is 2. The van der Waals surface area contributed by atoms with E-state index in [0.29, 0.717) is 12.2 Å². The predicted octanol–water partition coefficient (Wildman–Crippen LogP) is 2.21. The quantitative estimate of drug-likeness (QED) is 0.667. The highest BCUT2D eigenvalue weighted by Gasteiger charge is 2.49. The van der Waals surface area contributed by atoms with Gasteiger partial charge in [0.25, 0.3) is 5.69 Å². The van der Waals surface area contributed by atoms with Crippen molar-refractivity contribution >= 4 is 23.3 Å². The van der Waals surface area contributed by atoms with E-state index in [1.165, 1.54) is 24.3 Å². The molecular formula is C14H15N3O4. The summed E-state index contributed by atoms with van der Waals surface area (Å²) in [7, 11) is 0. The van der Waals surface area contributed by atoms with Gasteiger partial charge in [-0.1, -0.05) is 12.8 Å². The SMILES string of the molecule is O=C1NCC2(CCCC2)C(=O)N1c1ccc([N+](=O)[O-])cc1. The highest BCUT2D eigenvalue weighted by molar-refractivity contribution is 6.18. The Hall–Kier alpha value is -2.44. The van der Waals surface area contributed by atoms with Gasteiger partial charge in [0.1, 0.15) is 0 Å². The second-order valence-corrected chi connectivity index (χ2v) is 5.56. The highest BCUT2D eigenvalue weighted by Crippen LogP contribution is 2.42. The number of urea groups is 1. The Bertz CT molecular complexity index is 605. The maximum Gasteiger partial charge on any atom is 0.328 e. The second kappa shape index (κ2) is 4.83. The monoisotopic (exact) mass is 289 g/mol. The van der Waals surface area contributed by atoms with Gasteiger partial charge in [0.05, 0.1) is 16.0 Å². The van der Waals surface area contributed by atoms with Crippen molar-refractivity contribution in [3.05, 3.63) is 34.4 Å². The van der Waals surface area contributed by atoms with Gasteiger partial charge in [-0.2, -0.15) is 0 Å². The van der Waals surface area contributed by atoms with Crippen molar-refractivity contribution in [2.45, 2.75) is 25.7 Å². The van der Waals surface area contributed by atoms with Gasteiger partial charge in [-0.05, 0) is 25.0 Å². The summed E-state index contributed by atoms with van der Waals surface area (Å²) in [5, 5.41) is 13.4. The summed E-state index contributed by atoms with van der Waals surface area (Å²) in [6.45, 7) is 0.383. The number of nitrogens with one attached hydrogen (secondary N) is 1. The zero-order valence-corrected chi connectivity index (χ0v) is 11.4. The summed E-state index contributed by atoms with van der Waals surface area (Å²) in [5.74, 6) is -0.197. The van der Waals surface area contributed by atoms with Crippen molar-refractivity contribution in [1.82, 2.24) is 5.32 Å². The van der Waals surface area contributed by atoms with Gasteiger partial charge in [-0.15, -0.1) is 0 Å². The van der Waals surface area contributed by atoms with Crippen LogP contribution in [0.5, 0.6) is 0 Å². The predicted molar refractivity (Wildman–Crippen MR) is 74.9 cm³/mol. The topological polar surface area (TPSA) is 92.6 Å². The molecule has 2 fully saturated rings. The molecule has 1 aliphatic carbocycles. The van der Waals surface area contributed by atoms with Crippen molar-refractivity contribution in [3.8, 4) is 0 Å². The number of imide groups is 1. The zero-order chi connectivity index (χ0) is 15.0. The number of hydrogen-bond donors (Lipinski definition) is 1. The first-order chi connectivity index (χ1) is 10.0. The molecular weight excluding hydrogens is 274 g/mol. The molecule has 0 unspecified atom stereocenters. The molecule has 1 N–H and O–H groups in total. The lowest BCUT2D eigenvalue weighted by Gasteiger charge is -2.38. The molecule has 7 nitrogen and oxygen atoms in total. The number of carbonyl (C=O) groups excluding carboxylic acids is 2. The van der Waals surface area contributed by atoms with E-state index in [1.54, 1.807) is 0 Å². The fourth-order valence-electron chi connectivity index (χ4n) is 3.13. The van der Waals surface area contributed by atoms with E-state index < -0.39 is 16.4 Å². The van der Waals surface area contributed by atoms with Crippen molar-refractivity contribution in [2.75, 3.05) is 11.4 Å². The lowest BCUT2D eigenvalue weighted by atomic mass is 9.83. The van der Waals surface area contributed by atoms with Crippen LogP contribution in [0, 0.1) is 15.5 Å². The van der Waals surface area contributed by atoms with Crippen LogP contribution in [0.4, 0.5) is 16.2 Å². The van der Waals surface area contributed by atoms with Crippen molar-refractivity contribution in [2.24, 2.45) is 5.41 Å². The molecule has 1 aliphatic heterocycles. The molecule has 1 spiro atoms. The molecule has 1 saturated heterocycles. The molecule has 21 heavy (non-hydrogen) atoms. The first-order valence-corrected chi connectivity index (χ1v) is 6.90. The molecule has 3 amide bonds. The van der Waals surface area contributed by atoms with Crippen LogP contribution in [0.15, 0.2) is 24.3 Å². The van der Waals surface area contributed by atoms with Gasteiger partial charge in [0.15, 0.2) is 0 Å². The van der Waals surface area contributed by atoms with Crippen LogP contribution < -0.4 is 10.2 Å². The van der Waals surface area contributed by atoms with Gasteiger partial charge >= 0.3 is 6.03 Å². The van der Waals surface area contributed by atoms with E-state index in [2.05, 4.69) is 5.32 Å². The minimum atomic E-state index is -0.514. The van der Waals surface area contributed by atoms with Crippen LogP contribution in [0.1, 0.15) is 25.7 Å². The molecule has 0 atom stereocenters. The van der Waals surface area contributed by atoms with Crippen molar-refractivity contribution in [1.29, 1.82) is 0 Å². The Kier molecular flexibility index (Phi) is 3.12. The smallest absolute Gasteiger partial charge is 0.328 e. The van der Waals surface area contributed by atoms with Crippen molar-refractivity contribution in [3.63, 3.8) is 0 Å². The molecule has 2 aliphatic rings. The van der Waals surface area contributed by atoms with E-state index in [9.17, 15) is 19.7 Å². The fourth-order valence-corrected chi connectivity index (χ4v) is 3.13. The maximum atomic E-state index is 12.7. The summed E-state index contributed by atoms with van der Waals surface area (Å²) >= 11 is 0. The molecule has 0 bridgehead atoms. The van der Waals surface area contributed by atoms with Gasteiger partial charge in [0.2, 0.25) is 5.91 Å². The normalized spacial score (nSPS) is 20.7. The molecule has 3 rings (SSSR count).